The van der Waals surface area contributed by atoms with Crippen molar-refractivity contribution in [1.82, 2.24) is 10.6 Å². The molecule has 4 nitrogen and oxygen atoms in total. The van der Waals surface area contributed by atoms with Crippen LogP contribution in [-0.4, -0.2) is 36.2 Å². The third kappa shape index (κ3) is 3.12. The fourth-order valence-electron chi connectivity index (χ4n) is 1.50. The van der Waals surface area contributed by atoms with Crippen LogP contribution in [0, 0.1) is 0 Å². The molecule has 1 saturated heterocycles. The van der Waals surface area contributed by atoms with E-state index in [1.807, 2.05) is 13.8 Å². The van der Waals surface area contributed by atoms with Gasteiger partial charge in [-0.05, 0) is 13.8 Å². The van der Waals surface area contributed by atoms with Gasteiger partial charge in [-0.25, -0.2) is 0 Å². The lowest BCUT2D eigenvalue weighted by Gasteiger charge is -2.42. The third-order valence-electron chi connectivity index (χ3n) is 2.40. The van der Waals surface area contributed by atoms with Crippen molar-refractivity contribution >= 4 is 5.97 Å². The van der Waals surface area contributed by atoms with Crippen LogP contribution < -0.4 is 10.6 Å². The Bertz CT molecular complexity index is 241. The number of carboxylic acids is 1. The maximum atomic E-state index is 10.6. The van der Waals surface area contributed by atoms with Crippen molar-refractivity contribution in [2.75, 3.05) is 19.6 Å². The third-order valence-corrected chi connectivity index (χ3v) is 2.40. The highest BCUT2D eigenvalue weighted by atomic mass is 16.4. The molecule has 0 atom stereocenters. The van der Waals surface area contributed by atoms with Gasteiger partial charge in [0, 0.05) is 19.6 Å². The van der Waals surface area contributed by atoms with Crippen LogP contribution in [0.15, 0.2) is 11.6 Å². The number of carbonyl (C=O) groups is 1. The van der Waals surface area contributed by atoms with Gasteiger partial charge in [-0.15, -0.1) is 0 Å². The van der Waals surface area contributed by atoms with Gasteiger partial charge in [0.1, 0.15) is 0 Å². The molecule has 0 aromatic rings. The van der Waals surface area contributed by atoms with Gasteiger partial charge in [-0.2, -0.15) is 0 Å². The Balaban J connectivity index is 2.38. The van der Waals surface area contributed by atoms with Crippen LogP contribution in [-0.2, 0) is 4.79 Å². The van der Waals surface area contributed by atoms with E-state index in [2.05, 4.69) is 16.7 Å². The zero-order valence-corrected chi connectivity index (χ0v) is 8.76. The Labute approximate surface area is 84.4 Å². The average molecular weight is 198 g/mol. The van der Waals surface area contributed by atoms with E-state index in [9.17, 15) is 4.79 Å². The Morgan fingerprint density at radius 1 is 1.57 bits per heavy atom. The summed E-state index contributed by atoms with van der Waals surface area (Å²) in [6, 6.07) is 0. The maximum Gasteiger partial charge on any atom is 0.305 e. The number of nitrogens with one attached hydrogen (secondary N) is 2. The van der Waals surface area contributed by atoms with E-state index in [0.717, 1.165) is 19.6 Å². The molecule has 0 radical (unpaired) electrons. The Hall–Kier alpha value is -0.870. The predicted octanol–water partition coefficient (Wildman–Crippen LogP) is 0.359. The summed E-state index contributed by atoms with van der Waals surface area (Å²) in [5.74, 6) is -0.740. The van der Waals surface area contributed by atoms with Gasteiger partial charge in [0.15, 0.2) is 0 Å². The van der Waals surface area contributed by atoms with Crippen molar-refractivity contribution in [2.24, 2.45) is 0 Å². The molecule has 0 unspecified atom stereocenters. The molecule has 0 amide bonds. The van der Waals surface area contributed by atoms with Crippen molar-refractivity contribution in [1.29, 1.82) is 0 Å². The number of carboxylic acid groups (broad SMARTS) is 1. The first-order valence-corrected chi connectivity index (χ1v) is 4.85. The summed E-state index contributed by atoms with van der Waals surface area (Å²) in [7, 11) is 0. The average Bonchev–Trinajstić information content (AvgIpc) is 1.98. The minimum Gasteiger partial charge on any atom is -0.481 e. The van der Waals surface area contributed by atoms with E-state index in [1.54, 1.807) is 0 Å². The number of hydrogen-bond acceptors (Lipinski definition) is 3. The molecule has 1 heterocycles. The number of aliphatic carboxylic acids is 1. The van der Waals surface area contributed by atoms with Crippen LogP contribution in [0.2, 0.25) is 0 Å². The monoisotopic (exact) mass is 198 g/mol. The second-order valence-electron chi connectivity index (χ2n) is 4.12. The Kier molecular flexibility index (Phi) is 3.66. The second-order valence-corrected chi connectivity index (χ2v) is 4.12. The molecule has 0 bridgehead atoms. The number of rotatable bonds is 5. The molecule has 0 aromatic heterocycles. The molecular weight excluding hydrogens is 180 g/mol. The number of allylic oxidation sites excluding steroid dienone is 1. The lowest BCUT2D eigenvalue weighted by Crippen LogP contribution is -2.68. The highest BCUT2D eigenvalue weighted by Gasteiger charge is 2.38. The molecule has 4 heteroatoms. The molecule has 1 aliphatic rings. The Morgan fingerprint density at radius 3 is 2.57 bits per heavy atom. The molecular formula is C10H18N2O2. The van der Waals surface area contributed by atoms with E-state index >= 15 is 0 Å². The minimum atomic E-state index is -0.740. The van der Waals surface area contributed by atoms with Crippen molar-refractivity contribution in [3.8, 4) is 0 Å². The van der Waals surface area contributed by atoms with Crippen LogP contribution in [0.3, 0.4) is 0 Å². The van der Waals surface area contributed by atoms with Crippen LogP contribution >= 0.6 is 0 Å². The molecule has 1 aliphatic heterocycles. The first kappa shape index (κ1) is 11.2. The standard InChI is InChI=1S/C10H18N2O2/c1-8(2)3-4-12-10(5-9(13)14)6-11-7-10/h3,11-12H,4-7H2,1-2H3,(H,13,14). The lowest BCUT2D eigenvalue weighted by molar-refractivity contribution is -0.139. The summed E-state index contributed by atoms with van der Waals surface area (Å²) in [4.78, 5) is 10.6. The predicted molar refractivity (Wildman–Crippen MR) is 55.3 cm³/mol. The van der Waals surface area contributed by atoms with Gasteiger partial charge in [-0.3, -0.25) is 4.79 Å². The van der Waals surface area contributed by atoms with Crippen molar-refractivity contribution < 1.29 is 9.90 Å². The molecule has 14 heavy (non-hydrogen) atoms. The van der Waals surface area contributed by atoms with Crippen LogP contribution in [0.4, 0.5) is 0 Å². The smallest absolute Gasteiger partial charge is 0.305 e. The summed E-state index contributed by atoms with van der Waals surface area (Å²) in [5, 5.41) is 15.1. The van der Waals surface area contributed by atoms with E-state index in [1.165, 1.54) is 5.57 Å². The summed E-state index contributed by atoms with van der Waals surface area (Å²) in [6.45, 7) is 6.30. The first-order chi connectivity index (χ1) is 6.54. The Morgan fingerprint density at radius 2 is 2.21 bits per heavy atom. The zero-order chi connectivity index (χ0) is 10.6. The molecule has 0 spiro atoms. The quantitative estimate of drug-likeness (QED) is 0.558. The number of hydrogen-bond donors (Lipinski definition) is 3. The van der Waals surface area contributed by atoms with Crippen molar-refractivity contribution in [3.05, 3.63) is 11.6 Å². The van der Waals surface area contributed by atoms with Crippen molar-refractivity contribution in [2.45, 2.75) is 25.8 Å². The van der Waals surface area contributed by atoms with E-state index < -0.39 is 5.97 Å². The molecule has 1 fully saturated rings. The second kappa shape index (κ2) is 4.57. The SMILES string of the molecule is CC(C)=CCNC1(CC(=O)O)CNC1. The van der Waals surface area contributed by atoms with E-state index in [-0.39, 0.29) is 12.0 Å². The van der Waals surface area contributed by atoms with E-state index in [4.69, 9.17) is 5.11 Å². The topological polar surface area (TPSA) is 61.4 Å². The largest absolute Gasteiger partial charge is 0.481 e. The fraction of sp³-hybridized carbons (Fsp3) is 0.700. The highest BCUT2D eigenvalue weighted by Crippen LogP contribution is 2.15. The normalized spacial score (nSPS) is 18.4. The minimum absolute atomic E-state index is 0.191. The summed E-state index contributed by atoms with van der Waals surface area (Å²) in [5.41, 5.74) is 1.02. The van der Waals surface area contributed by atoms with Gasteiger partial charge in [0.05, 0.1) is 12.0 Å². The molecule has 1 rings (SSSR count). The molecule has 0 aromatic carbocycles. The van der Waals surface area contributed by atoms with Crippen LogP contribution in [0.1, 0.15) is 20.3 Å². The fourth-order valence-corrected chi connectivity index (χ4v) is 1.50. The van der Waals surface area contributed by atoms with Crippen LogP contribution in [0.5, 0.6) is 0 Å². The lowest BCUT2D eigenvalue weighted by atomic mass is 9.88. The zero-order valence-electron chi connectivity index (χ0n) is 8.76. The van der Waals surface area contributed by atoms with Gasteiger partial charge < -0.3 is 15.7 Å². The molecule has 0 saturated carbocycles. The van der Waals surface area contributed by atoms with Gasteiger partial charge in [-0.1, -0.05) is 11.6 Å². The summed E-state index contributed by atoms with van der Waals surface area (Å²) in [6.07, 6.45) is 2.26. The molecule has 80 valence electrons. The highest BCUT2D eigenvalue weighted by molar-refractivity contribution is 5.68. The van der Waals surface area contributed by atoms with Crippen LogP contribution in [0.25, 0.3) is 0 Å². The van der Waals surface area contributed by atoms with Gasteiger partial charge in [0.25, 0.3) is 0 Å². The first-order valence-electron chi connectivity index (χ1n) is 4.85. The maximum absolute atomic E-state index is 10.6. The summed E-state index contributed by atoms with van der Waals surface area (Å²) >= 11 is 0. The van der Waals surface area contributed by atoms with E-state index in [0.29, 0.717) is 0 Å². The molecule has 3 N–H and O–H groups in total. The van der Waals surface area contributed by atoms with Crippen molar-refractivity contribution in [3.63, 3.8) is 0 Å². The molecule has 0 aliphatic carbocycles. The summed E-state index contributed by atoms with van der Waals surface area (Å²) < 4.78 is 0. The van der Waals surface area contributed by atoms with Gasteiger partial charge in [0.2, 0.25) is 0 Å². The van der Waals surface area contributed by atoms with Gasteiger partial charge >= 0.3 is 5.97 Å².